The fourth-order valence-corrected chi connectivity index (χ4v) is 6.15. The van der Waals surface area contributed by atoms with Crippen molar-refractivity contribution < 1.29 is 19.0 Å². The number of hydrogen-bond acceptors (Lipinski definition) is 7. The quantitative estimate of drug-likeness (QED) is 0.166. The number of nitrogens with zero attached hydrogens (tertiary/aromatic N) is 4. The van der Waals surface area contributed by atoms with Crippen LogP contribution in [0.1, 0.15) is 45.2 Å². The number of benzene rings is 3. The van der Waals surface area contributed by atoms with E-state index in [0.29, 0.717) is 43.4 Å². The highest BCUT2D eigenvalue weighted by atomic mass is 16.6. The molecule has 48 heavy (non-hydrogen) atoms. The van der Waals surface area contributed by atoms with Crippen LogP contribution in [0, 0.1) is 11.8 Å². The predicted molar refractivity (Wildman–Crippen MR) is 189 cm³/mol. The average Bonchev–Trinajstić information content (AvgIpc) is 3.41. The number of carbonyl (C=O) groups excluding carboxylic acids is 1. The van der Waals surface area contributed by atoms with Crippen LogP contribution in [0.5, 0.6) is 11.8 Å². The Balaban J connectivity index is 1.20. The van der Waals surface area contributed by atoms with Crippen molar-refractivity contribution in [2.45, 2.75) is 52.9 Å². The zero-order valence-corrected chi connectivity index (χ0v) is 28.5. The molecular weight excluding hydrogens is 602 g/mol. The maximum Gasteiger partial charge on any atom is 0.407 e. The van der Waals surface area contributed by atoms with Gasteiger partial charge in [0.25, 0.3) is 0 Å². The standard InChI is InChI=1S/C39H45N5O4/c1-27-24-44(21-20-30(27)23-40-38(45)48-39(2,3)4)31-16-17-32-34(22-31)43(5)42-36(32)33-18-19-35(46-25-28-12-8-6-9-13-28)41-37(33)47-26-29-14-10-7-11-15-29/h6-19,22,27,30H,20-21,23-26H2,1-5H3,(H,40,45)/t27-,30+/m1/s1. The fraction of sp³-hybridized carbons (Fsp3) is 0.359. The molecule has 0 radical (unpaired) electrons. The number of hydrogen-bond donors (Lipinski definition) is 1. The molecule has 0 saturated carbocycles. The van der Waals surface area contributed by atoms with Crippen LogP contribution in [0.15, 0.2) is 91.0 Å². The van der Waals surface area contributed by atoms with Crippen molar-refractivity contribution >= 4 is 22.7 Å². The van der Waals surface area contributed by atoms with Gasteiger partial charge in [-0.15, -0.1) is 0 Å². The first-order valence-corrected chi connectivity index (χ1v) is 16.7. The minimum atomic E-state index is -0.503. The molecule has 1 N–H and O–H groups in total. The molecule has 1 fully saturated rings. The molecule has 9 nitrogen and oxygen atoms in total. The van der Waals surface area contributed by atoms with E-state index in [0.717, 1.165) is 58.5 Å². The Morgan fingerprint density at radius 2 is 1.60 bits per heavy atom. The maximum atomic E-state index is 12.2. The van der Waals surface area contributed by atoms with Crippen molar-refractivity contribution in [3.8, 4) is 23.0 Å². The molecule has 2 aromatic heterocycles. The van der Waals surface area contributed by atoms with Crippen LogP contribution >= 0.6 is 0 Å². The highest BCUT2D eigenvalue weighted by Crippen LogP contribution is 2.37. The highest BCUT2D eigenvalue weighted by Gasteiger charge is 2.28. The number of fused-ring (bicyclic) bond motifs is 1. The van der Waals surface area contributed by atoms with E-state index in [1.807, 2.05) is 105 Å². The Bertz CT molecular complexity index is 1830. The molecule has 3 aromatic carbocycles. The summed E-state index contributed by atoms with van der Waals surface area (Å²) in [5.41, 5.74) is 5.42. The van der Waals surface area contributed by atoms with Gasteiger partial charge in [-0.1, -0.05) is 67.6 Å². The van der Waals surface area contributed by atoms with Gasteiger partial charge < -0.3 is 24.4 Å². The molecule has 6 rings (SSSR count). The van der Waals surface area contributed by atoms with Crippen LogP contribution < -0.4 is 19.7 Å². The van der Waals surface area contributed by atoms with Crippen LogP contribution in [-0.2, 0) is 25.0 Å². The molecule has 9 heteroatoms. The molecule has 0 bridgehead atoms. The number of pyridine rings is 1. The number of ether oxygens (including phenoxy) is 3. The van der Waals surface area contributed by atoms with Crippen LogP contribution in [-0.4, -0.2) is 46.1 Å². The number of nitrogens with one attached hydrogen (secondary N) is 1. The number of aryl methyl sites for hydroxylation is 1. The number of carbonyl (C=O) groups is 1. The lowest BCUT2D eigenvalue weighted by atomic mass is 9.86. The van der Waals surface area contributed by atoms with Gasteiger partial charge in [0.1, 0.15) is 24.5 Å². The Morgan fingerprint density at radius 3 is 2.27 bits per heavy atom. The highest BCUT2D eigenvalue weighted by molar-refractivity contribution is 5.96. The molecule has 0 unspecified atom stereocenters. The number of alkyl carbamates (subject to hydrolysis) is 1. The lowest BCUT2D eigenvalue weighted by Gasteiger charge is -2.38. The molecule has 3 heterocycles. The number of aromatic nitrogens is 3. The minimum absolute atomic E-state index is 0.354. The molecule has 1 aliphatic rings. The van der Waals surface area contributed by atoms with Gasteiger partial charge in [0, 0.05) is 43.8 Å². The van der Waals surface area contributed by atoms with E-state index in [4.69, 9.17) is 24.3 Å². The van der Waals surface area contributed by atoms with Crippen molar-refractivity contribution in [2.24, 2.45) is 18.9 Å². The zero-order valence-electron chi connectivity index (χ0n) is 28.5. The summed E-state index contributed by atoms with van der Waals surface area (Å²) < 4.78 is 19.8. The summed E-state index contributed by atoms with van der Waals surface area (Å²) in [6.45, 7) is 11.1. The first kappa shape index (κ1) is 32.9. The van der Waals surface area contributed by atoms with Crippen molar-refractivity contribution in [1.82, 2.24) is 20.1 Å². The Kier molecular flexibility index (Phi) is 9.85. The largest absolute Gasteiger partial charge is 0.473 e. The Hall–Kier alpha value is -5.05. The van der Waals surface area contributed by atoms with E-state index in [9.17, 15) is 4.79 Å². The molecular formula is C39H45N5O4. The third kappa shape index (κ3) is 8.08. The van der Waals surface area contributed by atoms with Gasteiger partial charge in [-0.05, 0) is 74.4 Å². The van der Waals surface area contributed by atoms with E-state index >= 15 is 0 Å². The second-order valence-electron chi connectivity index (χ2n) is 13.6. The van der Waals surface area contributed by atoms with Crippen molar-refractivity contribution in [3.05, 3.63) is 102 Å². The Labute approximate surface area is 282 Å². The van der Waals surface area contributed by atoms with E-state index in [2.05, 4.69) is 35.3 Å². The molecule has 5 aromatic rings. The monoisotopic (exact) mass is 647 g/mol. The van der Waals surface area contributed by atoms with E-state index in [1.54, 1.807) is 0 Å². The second kappa shape index (κ2) is 14.4. The van der Waals surface area contributed by atoms with Gasteiger partial charge in [0.2, 0.25) is 11.8 Å². The average molecular weight is 648 g/mol. The lowest BCUT2D eigenvalue weighted by Crippen LogP contribution is -2.44. The first-order chi connectivity index (χ1) is 23.1. The van der Waals surface area contributed by atoms with E-state index in [1.165, 1.54) is 0 Å². The van der Waals surface area contributed by atoms with Gasteiger partial charge in [-0.2, -0.15) is 10.1 Å². The van der Waals surface area contributed by atoms with Crippen molar-refractivity contribution in [2.75, 3.05) is 24.5 Å². The van der Waals surface area contributed by atoms with E-state index in [-0.39, 0.29) is 6.09 Å². The van der Waals surface area contributed by atoms with Gasteiger partial charge in [0.05, 0.1) is 11.1 Å². The smallest absolute Gasteiger partial charge is 0.407 e. The molecule has 0 spiro atoms. The molecule has 1 amide bonds. The summed E-state index contributed by atoms with van der Waals surface area (Å²) in [7, 11) is 1.97. The number of anilines is 1. The maximum absolute atomic E-state index is 12.2. The van der Waals surface area contributed by atoms with Crippen LogP contribution in [0.4, 0.5) is 10.5 Å². The number of amides is 1. The van der Waals surface area contributed by atoms with Crippen LogP contribution in [0.2, 0.25) is 0 Å². The molecule has 1 saturated heterocycles. The summed E-state index contributed by atoms with van der Waals surface area (Å²) in [6, 6.07) is 30.5. The normalized spacial score (nSPS) is 16.5. The van der Waals surface area contributed by atoms with Gasteiger partial charge in [-0.25, -0.2) is 4.79 Å². The first-order valence-electron chi connectivity index (χ1n) is 16.7. The summed E-state index contributed by atoms with van der Waals surface area (Å²) in [4.78, 5) is 19.4. The number of rotatable bonds is 10. The Morgan fingerprint density at radius 1 is 0.917 bits per heavy atom. The zero-order chi connectivity index (χ0) is 33.7. The van der Waals surface area contributed by atoms with Crippen LogP contribution in [0.3, 0.4) is 0 Å². The fourth-order valence-electron chi connectivity index (χ4n) is 6.15. The molecule has 1 aliphatic heterocycles. The summed E-state index contributed by atoms with van der Waals surface area (Å²) >= 11 is 0. The van der Waals surface area contributed by atoms with Crippen LogP contribution in [0.25, 0.3) is 22.2 Å². The van der Waals surface area contributed by atoms with Gasteiger partial charge in [0.15, 0.2) is 0 Å². The molecule has 2 atom stereocenters. The van der Waals surface area contributed by atoms with E-state index < -0.39 is 5.60 Å². The third-order valence-corrected chi connectivity index (χ3v) is 8.73. The summed E-state index contributed by atoms with van der Waals surface area (Å²) in [5, 5.41) is 8.96. The SMILES string of the molecule is C[C@@H]1CN(c2ccc3c(-c4ccc(OCc5ccccc5)nc4OCc4ccccc4)nn(C)c3c2)CC[C@H]1CNC(=O)OC(C)(C)C. The minimum Gasteiger partial charge on any atom is -0.473 e. The number of piperidine rings is 1. The molecule has 250 valence electrons. The van der Waals surface area contributed by atoms with Crippen molar-refractivity contribution in [3.63, 3.8) is 0 Å². The topological polar surface area (TPSA) is 90.7 Å². The van der Waals surface area contributed by atoms with Crippen molar-refractivity contribution in [1.29, 1.82) is 0 Å². The summed E-state index contributed by atoms with van der Waals surface area (Å²) in [6.07, 6.45) is 0.630. The van der Waals surface area contributed by atoms with Gasteiger partial charge in [-0.3, -0.25) is 4.68 Å². The van der Waals surface area contributed by atoms with Gasteiger partial charge >= 0.3 is 6.09 Å². The predicted octanol–water partition coefficient (Wildman–Crippen LogP) is 7.78. The third-order valence-electron chi connectivity index (χ3n) is 8.73. The molecule has 0 aliphatic carbocycles. The lowest BCUT2D eigenvalue weighted by molar-refractivity contribution is 0.0511. The summed E-state index contributed by atoms with van der Waals surface area (Å²) in [5.74, 6) is 1.77. The second-order valence-corrected chi connectivity index (χ2v) is 13.6.